The molecule has 0 saturated carbocycles. The highest BCUT2D eigenvalue weighted by molar-refractivity contribution is 6.21. The van der Waals surface area contributed by atoms with Crippen LogP contribution in [0.5, 0.6) is 23.0 Å². The number of hydrogen-bond donors (Lipinski definition) is 0. The number of ether oxygens (including phenoxy) is 2. The molecule has 8 heterocycles. The van der Waals surface area contributed by atoms with E-state index in [-0.39, 0.29) is 0 Å². The molecular formula is C126H80N12O2. The fraction of sp³-hybridized carbons (Fsp3) is 0. The van der Waals surface area contributed by atoms with Gasteiger partial charge in [0, 0.05) is 94.6 Å². The molecule has 0 N–H and O–H groups in total. The molecule has 0 spiro atoms. The van der Waals surface area contributed by atoms with E-state index in [0.29, 0.717) is 5.95 Å². The molecule has 14 nitrogen and oxygen atoms in total. The Labute approximate surface area is 804 Å². The van der Waals surface area contributed by atoms with E-state index < -0.39 is 0 Å². The maximum absolute atomic E-state index is 6.60. The van der Waals surface area contributed by atoms with E-state index in [2.05, 4.69) is 423 Å². The van der Waals surface area contributed by atoms with Crippen molar-refractivity contribution in [2.75, 3.05) is 29.4 Å². The summed E-state index contributed by atoms with van der Waals surface area (Å²) in [4.78, 5) is 43.2. The van der Waals surface area contributed by atoms with Gasteiger partial charge in [-0.25, -0.2) is 19.9 Å². The topological polar surface area (TPSA) is 115 Å². The van der Waals surface area contributed by atoms with Gasteiger partial charge in [-0.05, 0) is 146 Å². The summed E-state index contributed by atoms with van der Waals surface area (Å²) in [5.41, 5.74) is 18.9. The first-order chi connectivity index (χ1) is 69.5. The Morgan fingerprint density at radius 3 is 1.01 bits per heavy atom. The smallest absolute Gasteiger partial charge is 0.235 e. The first kappa shape index (κ1) is 80.5. The summed E-state index contributed by atoms with van der Waals surface area (Å²) < 4.78 is 13.1. The predicted molar refractivity (Wildman–Crippen MR) is 578 cm³/mol. The van der Waals surface area contributed by atoms with Crippen LogP contribution in [0.25, 0.3) is 130 Å². The number of benzene rings is 22. The molecule has 4 aromatic heterocycles. The van der Waals surface area contributed by atoms with Crippen molar-refractivity contribution < 1.29 is 9.47 Å². The zero-order valence-electron chi connectivity index (χ0n) is 75.4. The van der Waals surface area contributed by atoms with Crippen molar-refractivity contribution in [1.29, 1.82) is 0 Å². The lowest BCUT2D eigenvalue weighted by Crippen LogP contribution is -2.25. The number of pyridine rings is 2. The van der Waals surface area contributed by atoms with Gasteiger partial charge in [-0.1, -0.05) is 358 Å². The average Bonchev–Trinajstić information content (AvgIpc) is 0.716. The highest BCUT2D eigenvalue weighted by Crippen LogP contribution is 2.63. The number of rotatable bonds is 6. The largest absolute Gasteiger partial charge is 0.452 e. The van der Waals surface area contributed by atoms with E-state index in [4.69, 9.17) is 34.4 Å². The van der Waals surface area contributed by atoms with Crippen LogP contribution in [0.4, 0.5) is 103 Å². The molecule has 30 rings (SSSR count). The minimum atomic E-state index is 0.626. The molecule has 0 bridgehead atoms. The van der Waals surface area contributed by atoms with Crippen LogP contribution in [0, 0.1) is 0 Å². The molecule has 0 radical (unpaired) electrons. The van der Waals surface area contributed by atoms with Gasteiger partial charge in [0.2, 0.25) is 5.95 Å². The third-order valence-electron chi connectivity index (χ3n) is 27.3. The number of nitrogens with zero attached hydrogens (tertiary/aromatic N) is 12. The van der Waals surface area contributed by atoms with Gasteiger partial charge in [0.15, 0.2) is 28.8 Å². The lowest BCUT2D eigenvalue weighted by Gasteiger charge is -2.41. The molecule has 22 aromatic carbocycles. The Kier molecular flexibility index (Phi) is 19.2. The highest BCUT2D eigenvalue weighted by Gasteiger charge is 2.39. The summed E-state index contributed by atoms with van der Waals surface area (Å²) in [5.74, 6) is 5.70. The summed E-state index contributed by atoms with van der Waals surface area (Å²) in [6.45, 7) is 0. The third-order valence-corrected chi connectivity index (χ3v) is 27.3. The maximum Gasteiger partial charge on any atom is 0.235 e. The molecule has 0 fully saturated rings. The minimum absolute atomic E-state index is 0.626. The minimum Gasteiger partial charge on any atom is -0.452 e. The standard InChI is InChI=1S/C35H23N3.C34H22N4.C29H18N2O.C28H17N3O/c1-2-13-27(14-3-1)37-31-20-18-25-11-5-8-16-29(25)34(31)38(35-30-17-9-6-12-26(30)22-23-36-35)32-21-19-24-10-4-7-15-28(24)33(32)37;1-2-12-25(13-3-1)37-30-20-18-24-11-5-7-15-27(24)34(30)38(32-22-35-28-16-8-9-17-29(28)36-32)31-21-19-23-10-4-6-14-26(23)33(31)37;1-5-11-23-19(7-1)14-16-27-28(23)31(26-18-30-17-21-9-3-4-10-22(21)26)25-15-13-20-8-2-6-12-24(20)29(25)32-27;1-4-10-21-18(7-1)14-16-25-26(21)31(28-29-17-20-9-3-6-12-23(20)30-28)24-15-13-19-8-2-5-11-22(19)27(24)32-25/h1-23H;1-22H;1-18H;1-17H. The van der Waals surface area contributed by atoms with Crippen molar-refractivity contribution in [3.8, 4) is 23.0 Å². The molecule has 26 aromatic rings. The molecule has 14 heteroatoms. The van der Waals surface area contributed by atoms with Crippen molar-refractivity contribution >= 4 is 233 Å². The van der Waals surface area contributed by atoms with Crippen LogP contribution in [0.1, 0.15) is 0 Å². The monoisotopic (exact) mass is 1790 g/mol. The number of fused-ring (bicyclic) bond motifs is 28. The molecule has 4 aliphatic heterocycles. The lowest BCUT2D eigenvalue weighted by molar-refractivity contribution is 0.483. The molecule has 0 unspecified atom stereocenters. The lowest BCUT2D eigenvalue weighted by atomic mass is 9.97. The van der Waals surface area contributed by atoms with Crippen molar-refractivity contribution in [3.63, 3.8) is 0 Å². The second-order valence-corrected chi connectivity index (χ2v) is 35.2. The van der Waals surface area contributed by atoms with Crippen LogP contribution in [0.2, 0.25) is 0 Å². The van der Waals surface area contributed by atoms with Crippen molar-refractivity contribution in [3.05, 3.63) is 486 Å². The fourth-order valence-electron chi connectivity index (χ4n) is 21.0. The van der Waals surface area contributed by atoms with Gasteiger partial charge in [0.25, 0.3) is 0 Å². The van der Waals surface area contributed by atoms with Crippen LogP contribution >= 0.6 is 0 Å². The summed E-state index contributed by atoms with van der Waals surface area (Å²) in [6.07, 6.45) is 9.58. The second-order valence-electron chi connectivity index (χ2n) is 35.2. The van der Waals surface area contributed by atoms with Gasteiger partial charge in [-0.3, -0.25) is 24.7 Å². The summed E-state index contributed by atoms with van der Waals surface area (Å²) in [6, 6.07) is 159. The SMILES string of the molecule is c1ccc(N2c3ccc4ccccc4c3N(c3cnc4ccccc4n3)c3ccc4ccccc4c32)cc1.c1ccc(N2c3ccc4ccccc4c3N(c3nccc4ccccc34)c3ccc4ccccc4c32)cc1.c1ccc2c(N3c4ccc5ccccc5c4Oc4ccc5ccccc5c43)cncc2c1.c1ccc2nc(N3c4ccc5ccccc5c4Oc4ccc5ccccc5c43)ncc2c1. The number of hydrogen-bond acceptors (Lipinski definition) is 14. The zero-order valence-corrected chi connectivity index (χ0v) is 75.4. The summed E-state index contributed by atoms with van der Waals surface area (Å²) in [7, 11) is 0. The van der Waals surface area contributed by atoms with E-state index in [1.807, 2.05) is 97.7 Å². The third kappa shape index (κ3) is 13.4. The van der Waals surface area contributed by atoms with Crippen LogP contribution in [-0.4, -0.2) is 29.9 Å². The quantitative estimate of drug-likeness (QED) is 0.157. The van der Waals surface area contributed by atoms with E-state index in [1.165, 1.54) is 53.9 Å². The predicted octanol–water partition coefficient (Wildman–Crippen LogP) is 34.6. The van der Waals surface area contributed by atoms with Gasteiger partial charge in [-0.2, -0.15) is 0 Å². The molecule has 656 valence electrons. The van der Waals surface area contributed by atoms with Crippen molar-refractivity contribution in [2.24, 2.45) is 0 Å². The van der Waals surface area contributed by atoms with E-state index >= 15 is 0 Å². The normalized spacial score (nSPS) is 12.6. The molecule has 0 amide bonds. The van der Waals surface area contributed by atoms with Gasteiger partial charge in [0.1, 0.15) is 5.82 Å². The van der Waals surface area contributed by atoms with E-state index in [1.54, 1.807) is 0 Å². The first-order valence-corrected chi connectivity index (χ1v) is 47.0. The van der Waals surface area contributed by atoms with Gasteiger partial charge < -0.3 is 24.2 Å². The number of anilines is 18. The first-order valence-electron chi connectivity index (χ1n) is 47.0. The Hall–Kier alpha value is -19.2. The van der Waals surface area contributed by atoms with Crippen LogP contribution in [0.3, 0.4) is 0 Å². The van der Waals surface area contributed by atoms with E-state index in [9.17, 15) is 0 Å². The molecule has 140 heavy (non-hydrogen) atoms. The van der Waals surface area contributed by atoms with Crippen LogP contribution in [-0.2, 0) is 0 Å². The molecule has 0 aliphatic carbocycles. The zero-order chi connectivity index (χ0) is 92.2. The van der Waals surface area contributed by atoms with Crippen LogP contribution < -0.4 is 38.9 Å². The number of aromatic nitrogens is 6. The Morgan fingerprint density at radius 2 is 0.521 bits per heavy atom. The Balaban J connectivity index is 0.0000000940. The summed E-state index contributed by atoms with van der Waals surface area (Å²) in [5, 5.41) is 24.2. The summed E-state index contributed by atoms with van der Waals surface area (Å²) >= 11 is 0. The molecule has 4 aliphatic rings. The van der Waals surface area contributed by atoms with Crippen molar-refractivity contribution in [1.82, 2.24) is 29.9 Å². The van der Waals surface area contributed by atoms with E-state index in [0.717, 1.165) is 196 Å². The molecular weight excluding hydrogens is 1710 g/mol. The average molecular weight is 1790 g/mol. The van der Waals surface area contributed by atoms with Gasteiger partial charge >= 0.3 is 0 Å². The molecule has 0 atom stereocenters. The maximum atomic E-state index is 6.60. The number of para-hydroxylation sites is 5. The molecule has 0 saturated heterocycles. The second kappa shape index (κ2) is 33.5. The fourth-order valence-corrected chi connectivity index (χ4v) is 21.0. The van der Waals surface area contributed by atoms with Gasteiger partial charge in [-0.15, -0.1) is 0 Å². The van der Waals surface area contributed by atoms with Crippen LogP contribution in [0.15, 0.2) is 486 Å². The Bertz CT molecular complexity index is 9450. The highest BCUT2D eigenvalue weighted by atomic mass is 16.5. The van der Waals surface area contributed by atoms with Gasteiger partial charge in [0.05, 0.1) is 103 Å². The van der Waals surface area contributed by atoms with Crippen molar-refractivity contribution in [2.45, 2.75) is 0 Å². The Morgan fingerprint density at radius 1 is 0.179 bits per heavy atom.